The summed E-state index contributed by atoms with van der Waals surface area (Å²) in [7, 11) is 1.64. The molecule has 0 radical (unpaired) electrons. The second-order valence-corrected chi connectivity index (χ2v) is 6.94. The van der Waals surface area contributed by atoms with Crippen LogP contribution < -0.4 is 15.5 Å². The topological polar surface area (TPSA) is 79.8 Å². The first kappa shape index (κ1) is 18.7. The zero-order valence-electron chi connectivity index (χ0n) is 16.0. The van der Waals surface area contributed by atoms with Crippen molar-refractivity contribution in [1.82, 2.24) is 5.43 Å². The van der Waals surface area contributed by atoms with Crippen LogP contribution in [0.5, 0.6) is 5.75 Å². The Morgan fingerprint density at radius 3 is 2.41 bits per heavy atom. The zero-order chi connectivity index (χ0) is 20.2. The van der Waals surface area contributed by atoms with Crippen LogP contribution in [0, 0.1) is 5.92 Å². The van der Waals surface area contributed by atoms with Gasteiger partial charge in [-0.1, -0.05) is 24.3 Å². The number of benzene rings is 3. The minimum absolute atomic E-state index is 0.0403. The van der Waals surface area contributed by atoms with E-state index < -0.39 is 0 Å². The summed E-state index contributed by atoms with van der Waals surface area (Å²) >= 11 is 0. The maximum Gasteiger partial charge on any atom is 0.271 e. The lowest BCUT2D eigenvalue weighted by atomic mass is 10.0. The molecule has 0 aliphatic heterocycles. The summed E-state index contributed by atoms with van der Waals surface area (Å²) in [6.45, 7) is 0. The molecule has 0 atom stereocenters. The number of carbonyl (C=O) groups is 2. The van der Waals surface area contributed by atoms with Gasteiger partial charge in [0.2, 0.25) is 5.91 Å². The van der Waals surface area contributed by atoms with E-state index in [1.165, 1.54) is 0 Å². The van der Waals surface area contributed by atoms with E-state index in [0.717, 1.165) is 34.9 Å². The summed E-state index contributed by atoms with van der Waals surface area (Å²) in [5, 5.41) is 8.91. The summed E-state index contributed by atoms with van der Waals surface area (Å²) in [5.41, 5.74) is 4.57. The molecule has 1 fully saturated rings. The largest absolute Gasteiger partial charge is 0.496 e. The third-order valence-corrected chi connectivity index (χ3v) is 4.87. The Bertz CT molecular complexity index is 1090. The van der Waals surface area contributed by atoms with Gasteiger partial charge < -0.3 is 10.1 Å². The molecule has 146 valence electrons. The van der Waals surface area contributed by atoms with Crippen molar-refractivity contribution in [2.45, 2.75) is 12.8 Å². The van der Waals surface area contributed by atoms with E-state index in [4.69, 9.17) is 4.74 Å². The fourth-order valence-electron chi connectivity index (χ4n) is 3.11. The van der Waals surface area contributed by atoms with Crippen LogP contribution >= 0.6 is 0 Å². The molecule has 1 aliphatic carbocycles. The van der Waals surface area contributed by atoms with Crippen molar-refractivity contribution in [2.75, 3.05) is 12.4 Å². The van der Waals surface area contributed by atoms with Crippen LogP contribution in [-0.4, -0.2) is 25.1 Å². The van der Waals surface area contributed by atoms with E-state index in [-0.39, 0.29) is 17.7 Å². The van der Waals surface area contributed by atoms with Crippen molar-refractivity contribution < 1.29 is 14.3 Å². The Morgan fingerprint density at radius 2 is 1.72 bits per heavy atom. The summed E-state index contributed by atoms with van der Waals surface area (Å²) < 4.78 is 5.39. The van der Waals surface area contributed by atoms with E-state index >= 15 is 0 Å². The third-order valence-electron chi connectivity index (χ3n) is 4.87. The van der Waals surface area contributed by atoms with Gasteiger partial charge in [0.1, 0.15) is 5.75 Å². The number of ether oxygens (including phenoxy) is 1. The highest BCUT2D eigenvalue weighted by Gasteiger charge is 2.29. The molecule has 3 aromatic rings. The van der Waals surface area contributed by atoms with Crippen LogP contribution in [0.1, 0.15) is 28.8 Å². The first-order valence-electron chi connectivity index (χ1n) is 9.46. The van der Waals surface area contributed by atoms with Crippen molar-refractivity contribution in [2.24, 2.45) is 11.0 Å². The molecule has 6 heteroatoms. The number of carbonyl (C=O) groups excluding carboxylic acids is 2. The average Bonchev–Trinajstić information content (AvgIpc) is 3.60. The van der Waals surface area contributed by atoms with E-state index in [0.29, 0.717) is 11.3 Å². The minimum atomic E-state index is -0.320. The molecule has 1 saturated carbocycles. The third kappa shape index (κ3) is 4.27. The van der Waals surface area contributed by atoms with Gasteiger partial charge in [0.25, 0.3) is 5.91 Å². The predicted octanol–water partition coefficient (Wildman–Crippen LogP) is 3.96. The Kier molecular flexibility index (Phi) is 5.24. The van der Waals surface area contributed by atoms with Crippen LogP contribution in [0.15, 0.2) is 65.8 Å². The van der Waals surface area contributed by atoms with Crippen molar-refractivity contribution >= 4 is 34.5 Å². The van der Waals surface area contributed by atoms with Gasteiger partial charge in [0.15, 0.2) is 0 Å². The van der Waals surface area contributed by atoms with Gasteiger partial charge in [-0.05, 0) is 54.6 Å². The van der Waals surface area contributed by atoms with E-state index in [1.54, 1.807) is 37.6 Å². The molecule has 2 amide bonds. The van der Waals surface area contributed by atoms with Gasteiger partial charge >= 0.3 is 0 Å². The lowest BCUT2D eigenvalue weighted by molar-refractivity contribution is -0.117. The molecular weight excluding hydrogens is 366 g/mol. The van der Waals surface area contributed by atoms with Crippen LogP contribution in [-0.2, 0) is 4.79 Å². The van der Waals surface area contributed by atoms with Gasteiger partial charge in [0, 0.05) is 28.1 Å². The molecule has 0 spiro atoms. The second-order valence-electron chi connectivity index (χ2n) is 6.94. The lowest BCUT2D eigenvalue weighted by Gasteiger charge is -2.07. The van der Waals surface area contributed by atoms with Gasteiger partial charge in [-0.25, -0.2) is 5.43 Å². The van der Waals surface area contributed by atoms with Crippen LogP contribution in [0.25, 0.3) is 10.8 Å². The highest BCUT2D eigenvalue weighted by atomic mass is 16.5. The molecule has 0 saturated heterocycles. The molecule has 0 aromatic heterocycles. The summed E-state index contributed by atoms with van der Waals surface area (Å²) in [6, 6.07) is 18.4. The van der Waals surface area contributed by atoms with Crippen LogP contribution in [0.3, 0.4) is 0 Å². The number of fused-ring (bicyclic) bond motifs is 1. The predicted molar refractivity (Wildman–Crippen MR) is 113 cm³/mol. The van der Waals surface area contributed by atoms with Crippen molar-refractivity contribution in [3.63, 3.8) is 0 Å². The SMILES string of the molecule is COc1ccc(C=NNC(=O)c2ccc(NC(=O)C3CC3)cc2)c2ccccc12. The molecule has 2 N–H and O–H groups in total. The average molecular weight is 387 g/mol. The van der Waals surface area contributed by atoms with E-state index in [2.05, 4.69) is 15.8 Å². The molecule has 4 rings (SSSR count). The van der Waals surface area contributed by atoms with Gasteiger partial charge in [-0.15, -0.1) is 0 Å². The summed E-state index contributed by atoms with van der Waals surface area (Å²) in [5.74, 6) is 0.648. The van der Waals surface area contributed by atoms with Gasteiger partial charge in [-0.3, -0.25) is 9.59 Å². The maximum absolute atomic E-state index is 12.3. The molecule has 6 nitrogen and oxygen atoms in total. The lowest BCUT2D eigenvalue weighted by Crippen LogP contribution is -2.18. The Morgan fingerprint density at radius 1 is 1.00 bits per heavy atom. The van der Waals surface area contributed by atoms with Crippen molar-refractivity contribution in [3.05, 3.63) is 71.8 Å². The highest BCUT2D eigenvalue weighted by Crippen LogP contribution is 2.30. The Labute approximate surface area is 168 Å². The fraction of sp³-hybridized carbons (Fsp3) is 0.174. The number of nitrogens with zero attached hydrogens (tertiary/aromatic N) is 1. The molecular formula is C23H21N3O3. The monoisotopic (exact) mass is 387 g/mol. The van der Waals surface area contributed by atoms with Crippen LogP contribution in [0.2, 0.25) is 0 Å². The van der Waals surface area contributed by atoms with Gasteiger partial charge in [0.05, 0.1) is 13.3 Å². The first-order chi connectivity index (χ1) is 14.2. The number of anilines is 1. The number of hydrogen-bond acceptors (Lipinski definition) is 4. The van der Waals surface area contributed by atoms with E-state index in [9.17, 15) is 9.59 Å². The molecule has 29 heavy (non-hydrogen) atoms. The Balaban J connectivity index is 1.42. The molecule has 0 bridgehead atoms. The van der Waals surface area contributed by atoms with Gasteiger partial charge in [-0.2, -0.15) is 5.10 Å². The smallest absolute Gasteiger partial charge is 0.271 e. The fourth-order valence-corrected chi connectivity index (χ4v) is 3.11. The molecule has 0 heterocycles. The number of methoxy groups -OCH3 is 1. The molecule has 0 unspecified atom stereocenters. The zero-order valence-corrected chi connectivity index (χ0v) is 16.0. The van der Waals surface area contributed by atoms with Crippen LogP contribution in [0.4, 0.5) is 5.69 Å². The number of amides is 2. The standard InChI is InChI=1S/C23H21N3O3/c1-29-21-13-10-17(19-4-2-3-5-20(19)21)14-24-26-23(28)16-8-11-18(12-9-16)25-22(27)15-6-7-15/h2-5,8-15H,6-7H2,1H3,(H,25,27)(H,26,28). The Hall–Kier alpha value is -3.67. The number of hydrazone groups is 1. The number of nitrogens with one attached hydrogen (secondary N) is 2. The quantitative estimate of drug-likeness (QED) is 0.496. The normalized spacial score (nSPS) is 13.4. The van der Waals surface area contributed by atoms with E-state index in [1.807, 2.05) is 36.4 Å². The number of rotatable bonds is 6. The minimum Gasteiger partial charge on any atom is -0.496 e. The highest BCUT2D eigenvalue weighted by molar-refractivity contribution is 6.03. The molecule has 3 aromatic carbocycles. The number of hydrogen-bond donors (Lipinski definition) is 2. The second kappa shape index (κ2) is 8.14. The molecule has 1 aliphatic rings. The first-order valence-corrected chi connectivity index (χ1v) is 9.46. The van der Waals surface area contributed by atoms with Crippen molar-refractivity contribution in [1.29, 1.82) is 0 Å². The summed E-state index contributed by atoms with van der Waals surface area (Å²) in [4.78, 5) is 24.1. The van der Waals surface area contributed by atoms with Crippen molar-refractivity contribution in [3.8, 4) is 5.75 Å². The summed E-state index contributed by atoms with van der Waals surface area (Å²) in [6.07, 6.45) is 3.52. The maximum atomic E-state index is 12.3.